The van der Waals surface area contributed by atoms with Crippen molar-refractivity contribution >= 4 is 32.4 Å². The lowest BCUT2D eigenvalue weighted by Gasteiger charge is -2.09. The standard InChI is InChI=1S/C12H11FN4O2.C10H13NO2S/c1-17(13)12(18)9-2-6-7-4-19-5-8(7)11(14)16-10(6)3-15-9;1-11-14(2,12)9-4-3-8-5-6-13-10(8)7-9/h2-3H,4-5H2,1H3,(H2,14,16);3-4,7H,5-6H2,1-2H3. The van der Waals surface area contributed by atoms with Crippen molar-refractivity contribution in [3.63, 3.8) is 0 Å². The first-order valence-electron chi connectivity index (χ1n) is 10.2. The fourth-order valence-corrected chi connectivity index (χ4v) is 4.49. The minimum Gasteiger partial charge on any atom is -0.493 e. The Bertz CT molecular complexity index is 1370. The summed E-state index contributed by atoms with van der Waals surface area (Å²) < 4.78 is 39.5. The van der Waals surface area contributed by atoms with Crippen LogP contribution in [0.5, 0.6) is 5.75 Å². The molecule has 33 heavy (non-hydrogen) atoms. The predicted octanol–water partition coefficient (Wildman–Crippen LogP) is 2.91. The van der Waals surface area contributed by atoms with Gasteiger partial charge in [-0.05, 0) is 29.3 Å². The Hall–Kier alpha value is -3.31. The minimum atomic E-state index is -2.22. The third-order valence-corrected chi connectivity index (χ3v) is 7.39. The molecule has 0 aliphatic carbocycles. The number of nitrogens with zero attached hydrogens (tertiary/aromatic N) is 4. The van der Waals surface area contributed by atoms with Gasteiger partial charge in [-0.15, -0.1) is 0 Å². The highest BCUT2D eigenvalue weighted by Gasteiger charge is 2.21. The number of rotatable bonds is 2. The van der Waals surface area contributed by atoms with Crippen LogP contribution in [0.3, 0.4) is 0 Å². The molecule has 0 fully saturated rings. The van der Waals surface area contributed by atoms with E-state index in [-0.39, 0.29) is 10.8 Å². The van der Waals surface area contributed by atoms with Crippen LogP contribution in [0.25, 0.3) is 10.9 Å². The number of amides is 1. The molecule has 2 aliphatic heterocycles. The number of carbonyl (C=O) groups excluding carboxylic acids is 1. The molecule has 0 saturated heterocycles. The van der Waals surface area contributed by atoms with Crippen LogP contribution in [-0.4, -0.2) is 52.2 Å². The van der Waals surface area contributed by atoms with Crippen LogP contribution >= 0.6 is 0 Å². The Labute approximate surface area is 190 Å². The van der Waals surface area contributed by atoms with Gasteiger partial charge >= 0.3 is 0 Å². The number of carbonyl (C=O) groups is 1. The first-order valence-corrected chi connectivity index (χ1v) is 12.1. The number of nitrogen functional groups attached to an aromatic ring is 1. The van der Waals surface area contributed by atoms with E-state index in [0.29, 0.717) is 24.5 Å². The normalized spacial score (nSPS) is 15.5. The number of hydrogen-bond donors (Lipinski definition) is 1. The maximum Gasteiger partial charge on any atom is 0.299 e. The Morgan fingerprint density at radius 1 is 1.27 bits per heavy atom. The molecular formula is C22H24FN5O4S. The van der Waals surface area contributed by atoms with Crippen molar-refractivity contribution in [3.05, 3.63) is 52.8 Å². The summed E-state index contributed by atoms with van der Waals surface area (Å²) in [6.07, 6.45) is 4.01. The molecule has 1 atom stereocenters. The van der Waals surface area contributed by atoms with Crippen LogP contribution in [-0.2, 0) is 34.1 Å². The topological polar surface area (TPSA) is 120 Å². The molecular weight excluding hydrogens is 449 g/mol. The van der Waals surface area contributed by atoms with Crippen LogP contribution in [0.1, 0.15) is 27.2 Å². The van der Waals surface area contributed by atoms with Crippen LogP contribution in [0.4, 0.5) is 10.3 Å². The van der Waals surface area contributed by atoms with E-state index in [4.69, 9.17) is 15.2 Å². The van der Waals surface area contributed by atoms with Crippen LogP contribution in [0.2, 0.25) is 0 Å². The molecule has 0 bridgehead atoms. The predicted molar refractivity (Wildman–Crippen MR) is 122 cm³/mol. The van der Waals surface area contributed by atoms with E-state index < -0.39 is 15.6 Å². The molecule has 11 heteroatoms. The molecule has 2 aromatic heterocycles. The van der Waals surface area contributed by atoms with Crippen molar-refractivity contribution in [2.24, 2.45) is 4.36 Å². The quantitative estimate of drug-likeness (QED) is 0.568. The summed E-state index contributed by atoms with van der Waals surface area (Å²) in [4.78, 5) is 20.4. The number of benzene rings is 1. The summed E-state index contributed by atoms with van der Waals surface area (Å²) in [5.41, 5.74) is 9.33. The molecule has 3 aromatic rings. The van der Waals surface area contributed by atoms with Gasteiger partial charge in [0, 0.05) is 37.7 Å². The lowest BCUT2D eigenvalue weighted by atomic mass is 10.1. The molecule has 1 unspecified atom stereocenters. The number of anilines is 1. The maximum absolute atomic E-state index is 12.9. The minimum absolute atomic E-state index is 0.00434. The van der Waals surface area contributed by atoms with Crippen LogP contribution in [0.15, 0.2) is 39.7 Å². The summed E-state index contributed by atoms with van der Waals surface area (Å²) in [6, 6.07) is 7.22. The number of nitrogens with two attached hydrogens (primary N) is 1. The Morgan fingerprint density at radius 2 is 2.03 bits per heavy atom. The van der Waals surface area contributed by atoms with Crippen molar-refractivity contribution in [2.45, 2.75) is 24.5 Å². The molecule has 1 amide bonds. The molecule has 0 radical (unpaired) electrons. The van der Waals surface area contributed by atoms with Crippen molar-refractivity contribution < 1.29 is 23.0 Å². The Morgan fingerprint density at radius 3 is 2.76 bits per heavy atom. The molecule has 174 valence electrons. The monoisotopic (exact) mass is 473 g/mol. The fourth-order valence-electron chi connectivity index (χ4n) is 3.64. The summed E-state index contributed by atoms with van der Waals surface area (Å²) in [5, 5.41) is 0.720. The van der Waals surface area contributed by atoms with Gasteiger partial charge < -0.3 is 15.2 Å². The number of hydrogen-bond acceptors (Lipinski definition) is 8. The lowest BCUT2D eigenvalue weighted by Crippen LogP contribution is -2.18. The highest BCUT2D eigenvalue weighted by Crippen LogP contribution is 2.31. The zero-order valence-corrected chi connectivity index (χ0v) is 19.3. The van der Waals surface area contributed by atoms with Gasteiger partial charge in [-0.2, -0.15) is 5.12 Å². The van der Waals surface area contributed by atoms with E-state index in [0.717, 1.165) is 47.2 Å². The molecule has 9 nitrogen and oxygen atoms in total. The fraction of sp³-hybridized carbons (Fsp3) is 0.318. The van der Waals surface area contributed by atoms with Gasteiger partial charge in [-0.3, -0.25) is 4.79 Å². The van der Waals surface area contributed by atoms with E-state index in [9.17, 15) is 13.5 Å². The first kappa shape index (κ1) is 22.9. The van der Waals surface area contributed by atoms with E-state index >= 15 is 0 Å². The van der Waals surface area contributed by atoms with Gasteiger partial charge in [-0.25, -0.2) is 18.5 Å². The summed E-state index contributed by atoms with van der Waals surface area (Å²) in [6.45, 7) is 1.54. The molecule has 0 saturated carbocycles. The van der Waals surface area contributed by atoms with Crippen molar-refractivity contribution in [1.29, 1.82) is 0 Å². The Balaban J connectivity index is 0.000000165. The number of fused-ring (bicyclic) bond motifs is 4. The largest absolute Gasteiger partial charge is 0.493 e. The molecule has 1 aromatic carbocycles. The Kier molecular flexibility index (Phi) is 6.17. The van der Waals surface area contributed by atoms with Gasteiger partial charge in [0.25, 0.3) is 5.91 Å². The van der Waals surface area contributed by atoms with Gasteiger partial charge in [0.2, 0.25) is 0 Å². The molecule has 0 spiro atoms. The van der Waals surface area contributed by atoms with E-state index in [2.05, 4.69) is 14.3 Å². The van der Waals surface area contributed by atoms with Crippen molar-refractivity contribution in [3.8, 4) is 5.75 Å². The number of pyridine rings is 2. The lowest BCUT2D eigenvalue weighted by molar-refractivity contribution is 0.0337. The summed E-state index contributed by atoms with van der Waals surface area (Å²) >= 11 is 0. The molecule has 5 rings (SSSR count). The second-order valence-electron chi connectivity index (χ2n) is 7.67. The van der Waals surface area contributed by atoms with Gasteiger partial charge in [0.1, 0.15) is 17.3 Å². The van der Waals surface area contributed by atoms with E-state index in [1.165, 1.54) is 17.8 Å². The molecule has 2 aliphatic rings. The smallest absolute Gasteiger partial charge is 0.299 e. The maximum atomic E-state index is 12.9. The SMILES string of the molecule is CN(F)C(=O)c1cc2c3c(c(N)nc2cn1)COC3.CN=S(C)(=O)c1ccc2c(c1)OCC2. The van der Waals surface area contributed by atoms with Crippen molar-refractivity contribution in [1.82, 2.24) is 15.1 Å². The molecule has 2 N–H and O–H groups in total. The summed E-state index contributed by atoms with van der Waals surface area (Å²) in [5.74, 6) is 0.468. The van der Waals surface area contributed by atoms with Crippen molar-refractivity contribution in [2.75, 3.05) is 32.7 Å². The second-order valence-corrected chi connectivity index (χ2v) is 10.1. The van der Waals surface area contributed by atoms with Gasteiger partial charge in [0.05, 0.1) is 46.2 Å². The van der Waals surface area contributed by atoms with Crippen LogP contribution in [0, 0.1) is 0 Å². The average molecular weight is 474 g/mol. The zero-order valence-electron chi connectivity index (χ0n) is 18.5. The number of ether oxygens (including phenoxy) is 2. The molecule has 4 heterocycles. The van der Waals surface area contributed by atoms with Crippen LogP contribution < -0.4 is 10.5 Å². The zero-order chi connectivity index (χ0) is 23.8. The van der Waals surface area contributed by atoms with Gasteiger partial charge in [0.15, 0.2) is 0 Å². The third kappa shape index (κ3) is 4.46. The summed E-state index contributed by atoms with van der Waals surface area (Å²) in [7, 11) is 0.386. The average Bonchev–Trinajstić information content (AvgIpc) is 3.48. The highest BCUT2D eigenvalue weighted by atomic mass is 32.2. The number of halogens is 1. The second kappa shape index (κ2) is 8.91. The van der Waals surface area contributed by atoms with E-state index in [1.807, 2.05) is 18.2 Å². The van der Waals surface area contributed by atoms with Gasteiger partial charge in [-0.1, -0.05) is 10.5 Å². The van der Waals surface area contributed by atoms with E-state index in [1.54, 1.807) is 13.3 Å². The number of aromatic nitrogens is 2. The third-order valence-electron chi connectivity index (χ3n) is 5.57. The first-order chi connectivity index (χ1) is 15.7. The highest BCUT2D eigenvalue weighted by molar-refractivity contribution is 7.93.